The van der Waals surface area contributed by atoms with Gasteiger partial charge >= 0.3 is 0 Å². The van der Waals surface area contributed by atoms with E-state index in [1.54, 1.807) is 24.3 Å². The van der Waals surface area contributed by atoms with Crippen molar-refractivity contribution in [1.82, 2.24) is 0 Å². The predicted octanol–water partition coefficient (Wildman–Crippen LogP) is 4.50. The second-order valence-electron chi connectivity index (χ2n) is 5.72. The summed E-state index contributed by atoms with van der Waals surface area (Å²) in [5.74, 6) is 2.27. The minimum atomic E-state index is -0.244. The predicted molar refractivity (Wildman–Crippen MR) is 98.3 cm³/mol. The second kappa shape index (κ2) is 7.19. The van der Waals surface area contributed by atoms with E-state index in [4.69, 9.17) is 14.2 Å². The number of amides is 1. The number of anilines is 1. The first-order valence-electron chi connectivity index (χ1n) is 8.32. The highest BCUT2D eigenvalue weighted by Crippen LogP contribution is 2.32. The summed E-state index contributed by atoms with van der Waals surface area (Å²) in [4.78, 5) is 12.6. The van der Waals surface area contributed by atoms with Gasteiger partial charge in [0.15, 0.2) is 17.2 Å². The van der Waals surface area contributed by atoms with E-state index in [9.17, 15) is 4.79 Å². The van der Waals surface area contributed by atoms with E-state index in [2.05, 4.69) is 5.32 Å². The van der Waals surface area contributed by atoms with Gasteiger partial charge in [0, 0.05) is 5.56 Å². The van der Waals surface area contributed by atoms with Crippen molar-refractivity contribution in [2.24, 2.45) is 0 Å². The molecular formula is C21H17NO4. The highest BCUT2D eigenvalue weighted by molar-refractivity contribution is 6.05. The number of hydrogen-bond acceptors (Lipinski definition) is 4. The summed E-state index contributed by atoms with van der Waals surface area (Å²) < 4.78 is 16.9. The van der Waals surface area contributed by atoms with Gasteiger partial charge in [-0.15, -0.1) is 0 Å². The number of fused-ring (bicyclic) bond motifs is 1. The number of carbonyl (C=O) groups is 1. The molecule has 5 nitrogen and oxygen atoms in total. The Hall–Kier alpha value is -3.47. The number of hydrogen-bond donors (Lipinski definition) is 1. The van der Waals surface area contributed by atoms with Crippen molar-refractivity contribution < 1.29 is 19.0 Å². The molecule has 0 atom stereocenters. The van der Waals surface area contributed by atoms with Crippen molar-refractivity contribution in [3.8, 4) is 23.0 Å². The number of carbonyl (C=O) groups excluding carboxylic acids is 1. The Kier molecular flexibility index (Phi) is 4.43. The normalized spacial score (nSPS) is 12.3. The molecule has 4 rings (SSSR count). The zero-order valence-electron chi connectivity index (χ0n) is 14.0. The number of rotatable bonds is 4. The average Bonchev–Trinajstić information content (AvgIpc) is 2.70. The standard InChI is InChI=1S/C21H17NO4/c23-21(15-10-11-19-20(14-15)25-13-12-24-19)22-17-8-4-5-9-18(17)26-16-6-2-1-3-7-16/h1-11,14H,12-13H2,(H,22,23). The van der Waals surface area contributed by atoms with Crippen LogP contribution in [0.5, 0.6) is 23.0 Å². The first-order valence-corrected chi connectivity index (χ1v) is 8.32. The maximum absolute atomic E-state index is 12.6. The Morgan fingerprint density at radius 3 is 2.42 bits per heavy atom. The van der Waals surface area contributed by atoms with Gasteiger partial charge < -0.3 is 19.5 Å². The van der Waals surface area contributed by atoms with E-state index in [0.29, 0.717) is 47.5 Å². The van der Waals surface area contributed by atoms with Crippen molar-refractivity contribution in [1.29, 1.82) is 0 Å². The fraction of sp³-hybridized carbons (Fsp3) is 0.0952. The molecule has 0 bridgehead atoms. The van der Waals surface area contributed by atoms with Crippen molar-refractivity contribution in [2.45, 2.75) is 0 Å². The van der Waals surface area contributed by atoms with Gasteiger partial charge in [0.05, 0.1) is 5.69 Å². The highest BCUT2D eigenvalue weighted by atomic mass is 16.6. The Labute approximate surface area is 151 Å². The van der Waals surface area contributed by atoms with Crippen molar-refractivity contribution in [2.75, 3.05) is 18.5 Å². The molecule has 1 aliphatic heterocycles. The maximum atomic E-state index is 12.6. The van der Waals surface area contributed by atoms with Crippen LogP contribution in [0.2, 0.25) is 0 Å². The van der Waals surface area contributed by atoms with Crippen molar-refractivity contribution in [3.63, 3.8) is 0 Å². The van der Waals surface area contributed by atoms with Gasteiger partial charge in [-0.2, -0.15) is 0 Å². The molecule has 0 fully saturated rings. The van der Waals surface area contributed by atoms with E-state index in [0.717, 1.165) is 0 Å². The third-order valence-corrected chi connectivity index (χ3v) is 3.91. The van der Waals surface area contributed by atoms with Crippen LogP contribution in [0.25, 0.3) is 0 Å². The van der Waals surface area contributed by atoms with Crippen LogP contribution in [-0.4, -0.2) is 19.1 Å². The molecular weight excluding hydrogens is 330 g/mol. The van der Waals surface area contributed by atoms with E-state index >= 15 is 0 Å². The summed E-state index contributed by atoms with van der Waals surface area (Å²) in [5.41, 5.74) is 1.08. The summed E-state index contributed by atoms with van der Waals surface area (Å²) in [6.45, 7) is 0.995. The molecule has 3 aromatic carbocycles. The fourth-order valence-electron chi connectivity index (χ4n) is 2.65. The first-order chi connectivity index (χ1) is 12.8. The average molecular weight is 347 g/mol. The lowest BCUT2D eigenvalue weighted by Gasteiger charge is -2.19. The lowest BCUT2D eigenvalue weighted by atomic mass is 10.1. The van der Waals surface area contributed by atoms with E-state index in [-0.39, 0.29) is 5.91 Å². The van der Waals surface area contributed by atoms with Crippen LogP contribution in [0.1, 0.15) is 10.4 Å². The largest absolute Gasteiger partial charge is 0.486 e. The molecule has 3 aromatic rings. The third kappa shape index (κ3) is 3.47. The summed E-state index contributed by atoms with van der Waals surface area (Å²) in [6, 6.07) is 21.9. The highest BCUT2D eigenvalue weighted by Gasteiger charge is 2.16. The van der Waals surface area contributed by atoms with Gasteiger partial charge in [-0.25, -0.2) is 0 Å². The Morgan fingerprint density at radius 2 is 1.58 bits per heavy atom. The smallest absolute Gasteiger partial charge is 0.255 e. The molecule has 0 saturated heterocycles. The molecule has 1 N–H and O–H groups in total. The number of ether oxygens (including phenoxy) is 3. The van der Waals surface area contributed by atoms with Gasteiger partial charge in [-0.05, 0) is 42.5 Å². The van der Waals surface area contributed by atoms with Crippen LogP contribution >= 0.6 is 0 Å². The molecule has 1 heterocycles. The topological polar surface area (TPSA) is 56.8 Å². The SMILES string of the molecule is O=C(Nc1ccccc1Oc1ccccc1)c1ccc2c(c1)OCCO2. The Balaban J connectivity index is 1.55. The molecule has 1 aliphatic rings. The summed E-state index contributed by atoms with van der Waals surface area (Å²) in [7, 11) is 0. The third-order valence-electron chi connectivity index (χ3n) is 3.91. The van der Waals surface area contributed by atoms with E-state index in [1.165, 1.54) is 0 Å². The summed E-state index contributed by atoms with van der Waals surface area (Å²) in [5, 5.41) is 2.89. The number of benzene rings is 3. The quantitative estimate of drug-likeness (QED) is 0.755. The molecule has 0 radical (unpaired) electrons. The molecule has 1 amide bonds. The van der Waals surface area contributed by atoms with E-state index < -0.39 is 0 Å². The molecule has 0 spiro atoms. The van der Waals surface area contributed by atoms with Crippen LogP contribution in [0.4, 0.5) is 5.69 Å². The molecule has 5 heteroatoms. The van der Waals surface area contributed by atoms with Crippen LogP contribution in [0, 0.1) is 0 Å². The Morgan fingerprint density at radius 1 is 0.846 bits per heavy atom. The summed E-state index contributed by atoms with van der Waals surface area (Å²) in [6.07, 6.45) is 0. The first kappa shape index (κ1) is 16.0. The zero-order chi connectivity index (χ0) is 17.8. The zero-order valence-corrected chi connectivity index (χ0v) is 14.0. The van der Waals surface area contributed by atoms with Gasteiger partial charge in [0.2, 0.25) is 0 Å². The van der Waals surface area contributed by atoms with Gasteiger partial charge in [-0.3, -0.25) is 4.79 Å². The van der Waals surface area contributed by atoms with Gasteiger partial charge in [0.25, 0.3) is 5.91 Å². The van der Waals surface area contributed by atoms with Crippen molar-refractivity contribution in [3.05, 3.63) is 78.4 Å². The maximum Gasteiger partial charge on any atom is 0.255 e. The fourth-order valence-corrected chi connectivity index (χ4v) is 2.65. The molecule has 26 heavy (non-hydrogen) atoms. The van der Waals surface area contributed by atoms with Crippen LogP contribution in [0.15, 0.2) is 72.8 Å². The minimum Gasteiger partial charge on any atom is -0.486 e. The molecule has 0 saturated carbocycles. The van der Waals surface area contributed by atoms with Gasteiger partial charge in [0.1, 0.15) is 19.0 Å². The van der Waals surface area contributed by atoms with Crippen LogP contribution in [-0.2, 0) is 0 Å². The molecule has 0 unspecified atom stereocenters. The van der Waals surface area contributed by atoms with E-state index in [1.807, 2.05) is 48.5 Å². The van der Waals surface area contributed by atoms with Crippen LogP contribution < -0.4 is 19.5 Å². The minimum absolute atomic E-state index is 0.244. The second-order valence-corrected chi connectivity index (χ2v) is 5.72. The monoisotopic (exact) mass is 347 g/mol. The van der Waals surface area contributed by atoms with Crippen molar-refractivity contribution >= 4 is 11.6 Å². The van der Waals surface area contributed by atoms with Gasteiger partial charge in [-0.1, -0.05) is 30.3 Å². The Bertz CT molecular complexity index is 924. The van der Waals surface area contributed by atoms with Crippen LogP contribution in [0.3, 0.4) is 0 Å². The number of nitrogens with one attached hydrogen (secondary N) is 1. The lowest BCUT2D eigenvalue weighted by molar-refractivity contribution is 0.102. The molecule has 130 valence electrons. The molecule has 0 aliphatic carbocycles. The summed E-state index contributed by atoms with van der Waals surface area (Å²) >= 11 is 0. The number of para-hydroxylation sites is 3. The molecule has 0 aromatic heterocycles. The lowest BCUT2D eigenvalue weighted by Crippen LogP contribution is -2.17.